The quantitative estimate of drug-likeness (QED) is 0.311. The van der Waals surface area contributed by atoms with Gasteiger partial charge in [0.05, 0.1) is 11.4 Å². The van der Waals surface area contributed by atoms with E-state index in [-0.39, 0.29) is 5.91 Å². The Morgan fingerprint density at radius 3 is 1.88 bits per heavy atom. The minimum absolute atomic E-state index is 0.0320. The predicted octanol–water partition coefficient (Wildman–Crippen LogP) is 6.41. The molecule has 0 saturated carbocycles. The average molecular weight is 472 g/mol. The lowest BCUT2D eigenvalue weighted by atomic mass is 10.1. The summed E-state index contributed by atoms with van der Waals surface area (Å²) in [5.74, 6) is 0.0320. The van der Waals surface area contributed by atoms with Gasteiger partial charge < -0.3 is 14.4 Å². The fraction of sp³-hybridized carbons (Fsp3) is 0.207. The van der Waals surface area contributed by atoms with Crippen LogP contribution in [0.2, 0.25) is 5.02 Å². The third kappa shape index (κ3) is 5.09. The van der Waals surface area contributed by atoms with Gasteiger partial charge in [0, 0.05) is 36.4 Å². The van der Waals surface area contributed by atoms with Crippen LogP contribution < -0.4 is 0 Å². The molecule has 0 unspecified atom stereocenters. The molecule has 0 aliphatic heterocycles. The normalized spacial score (nSPS) is 11.1. The van der Waals surface area contributed by atoms with Crippen LogP contribution in [0.15, 0.2) is 84.9 Å². The van der Waals surface area contributed by atoms with Crippen molar-refractivity contribution in [2.45, 2.75) is 6.92 Å². The van der Waals surface area contributed by atoms with Crippen LogP contribution in [0, 0.1) is 6.92 Å². The van der Waals surface area contributed by atoms with Crippen molar-refractivity contribution in [1.29, 1.82) is 0 Å². The Morgan fingerprint density at radius 1 is 0.765 bits per heavy atom. The first kappa shape index (κ1) is 23.8. The third-order valence-corrected chi connectivity index (χ3v) is 6.29. The van der Waals surface area contributed by atoms with Crippen molar-refractivity contribution in [1.82, 2.24) is 14.4 Å². The smallest absolute Gasteiger partial charge is 0.253 e. The summed E-state index contributed by atoms with van der Waals surface area (Å²) in [7, 11) is 5.87. The topological polar surface area (TPSA) is 28.5 Å². The lowest BCUT2D eigenvalue weighted by molar-refractivity contribution is 0.0786. The highest BCUT2D eigenvalue weighted by molar-refractivity contribution is 6.30. The summed E-state index contributed by atoms with van der Waals surface area (Å²) in [6.45, 7) is 3.64. The van der Waals surface area contributed by atoms with Gasteiger partial charge in [-0.15, -0.1) is 0 Å². The van der Waals surface area contributed by atoms with Crippen LogP contribution in [-0.2, 0) is 0 Å². The molecule has 1 amide bonds. The summed E-state index contributed by atoms with van der Waals surface area (Å²) in [5, 5.41) is 0.716. The molecule has 0 N–H and O–H groups in total. The maximum Gasteiger partial charge on any atom is 0.253 e. The first-order valence-electron chi connectivity index (χ1n) is 11.4. The van der Waals surface area contributed by atoms with Crippen LogP contribution in [0.3, 0.4) is 0 Å². The maximum atomic E-state index is 12.8. The fourth-order valence-electron chi connectivity index (χ4n) is 4.04. The summed E-state index contributed by atoms with van der Waals surface area (Å²) >= 11 is 6.14. The number of nitrogens with zero attached hydrogens (tertiary/aromatic N) is 3. The summed E-state index contributed by atoms with van der Waals surface area (Å²) < 4.78 is 2.28. The summed E-state index contributed by atoms with van der Waals surface area (Å²) in [6, 6.07) is 28.5. The van der Waals surface area contributed by atoms with Gasteiger partial charge in [-0.3, -0.25) is 4.79 Å². The second-order valence-electron chi connectivity index (χ2n) is 8.84. The van der Waals surface area contributed by atoms with Crippen molar-refractivity contribution in [3.05, 3.63) is 101 Å². The third-order valence-electron chi connectivity index (χ3n) is 6.03. The van der Waals surface area contributed by atoms with Gasteiger partial charge in [0.1, 0.15) is 0 Å². The van der Waals surface area contributed by atoms with Crippen molar-refractivity contribution in [2.75, 3.05) is 34.2 Å². The van der Waals surface area contributed by atoms with Crippen LogP contribution in [0.5, 0.6) is 0 Å². The molecule has 0 saturated heterocycles. The molecule has 0 aliphatic rings. The van der Waals surface area contributed by atoms with Gasteiger partial charge in [0.25, 0.3) is 5.91 Å². The summed E-state index contributed by atoms with van der Waals surface area (Å²) in [5.41, 5.74) is 7.30. The number of hydrogen-bond donors (Lipinski definition) is 0. The van der Waals surface area contributed by atoms with E-state index in [4.69, 9.17) is 11.6 Å². The largest absolute Gasteiger partial charge is 0.340 e. The summed E-state index contributed by atoms with van der Waals surface area (Å²) in [6.07, 6.45) is 0. The maximum absolute atomic E-state index is 12.8. The zero-order valence-corrected chi connectivity index (χ0v) is 20.9. The van der Waals surface area contributed by atoms with E-state index in [0.717, 1.165) is 34.7 Å². The van der Waals surface area contributed by atoms with E-state index in [1.807, 2.05) is 69.7 Å². The van der Waals surface area contributed by atoms with Gasteiger partial charge in [-0.05, 0) is 80.2 Å². The molecule has 0 atom stereocenters. The SMILES string of the molecule is Cc1ccccc1-n1c(-c2ccc(Cl)cc2)ccc1-c1ccc(C(=O)N(C)CCN(C)C)cc1. The van der Waals surface area contributed by atoms with Gasteiger partial charge in [-0.1, -0.05) is 54.1 Å². The average Bonchev–Trinajstić information content (AvgIpc) is 3.27. The van der Waals surface area contributed by atoms with Crippen molar-refractivity contribution >= 4 is 17.5 Å². The number of aromatic nitrogens is 1. The Kier molecular flexibility index (Phi) is 7.20. The molecule has 4 nitrogen and oxygen atoms in total. The molecule has 4 rings (SSSR count). The zero-order valence-electron chi connectivity index (χ0n) is 20.1. The highest BCUT2D eigenvalue weighted by atomic mass is 35.5. The molecule has 4 aromatic rings. The molecule has 0 fully saturated rings. The van der Waals surface area contributed by atoms with Crippen molar-refractivity contribution in [2.24, 2.45) is 0 Å². The lowest BCUT2D eigenvalue weighted by Gasteiger charge is -2.20. The molecule has 174 valence electrons. The van der Waals surface area contributed by atoms with E-state index in [1.165, 1.54) is 5.56 Å². The number of para-hydroxylation sites is 1. The molecule has 1 heterocycles. The van der Waals surface area contributed by atoms with Crippen molar-refractivity contribution < 1.29 is 4.79 Å². The number of amides is 1. The molecule has 5 heteroatoms. The molecule has 3 aromatic carbocycles. The second-order valence-corrected chi connectivity index (χ2v) is 9.28. The van der Waals surface area contributed by atoms with Gasteiger partial charge in [0.2, 0.25) is 0 Å². The van der Waals surface area contributed by atoms with Crippen LogP contribution >= 0.6 is 11.6 Å². The number of aryl methyl sites for hydroxylation is 1. The first-order chi connectivity index (χ1) is 16.3. The van der Waals surface area contributed by atoms with Crippen LogP contribution in [-0.4, -0.2) is 54.5 Å². The Hall–Kier alpha value is -3.34. The van der Waals surface area contributed by atoms with E-state index < -0.39 is 0 Å². The zero-order chi connectivity index (χ0) is 24.2. The van der Waals surface area contributed by atoms with E-state index >= 15 is 0 Å². The minimum Gasteiger partial charge on any atom is -0.340 e. The number of benzene rings is 3. The second kappa shape index (κ2) is 10.3. The number of carbonyl (C=O) groups is 1. The number of likely N-dealkylation sites (N-methyl/N-ethyl adjacent to an activating group) is 2. The molecule has 0 aliphatic carbocycles. The Labute approximate surface area is 207 Å². The lowest BCUT2D eigenvalue weighted by Crippen LogP contribution is -2.33. The molecular weight excluding hydrogens is 442 g/mol. The fourth-order valence-corrected chi connectivity index (χ4v) is 4.16. The van der Waals surface area contributed by atoms with Crippen LogP contribution in [0.25, 0.3) is 28.2 Å². The Balaban J connectivity index is 1.73. The number of carbonyl (C=O) groups excluding carboxylic acids is 1. The van der Waals surface area contributed by atoms with Crippen LogP contribution in [0.1, 0.15) is 15.9 Å². The molecule has 0 radical (unpaired) electrons. The molecule has 34 heavy (non-hydrogen) atoms. The highest BCUT2D eigenvalue weighted by Crippen LogP contribution is 2.34. The monoisotopic (exact) mass is 471 g/mol. The first-order valence-corrected chi connectivity index (χ1v) is 11.8. The van der Waals surface area contributed by atoms with Crippen molar-refractivity contribution in [3.8, 4) is 28.2 Å². The number of halogens is 1. The van der Waals surface area contributed by atoms with Crippen molar-refractivity contribution in [3.63, 3.8) is 0 Å². The van der Waals surface area contributed by atoms with Crippen LogP contribution in [0.4, 0.5) is 0 Å². The predicted molar refractivity (Wildman–Crippen MR) is 142 cm³/mol. The molecule has 0 bridgehead atoms. The standard InChI is InChI=1S/C29H30ClN3O/c1-21-7-5-6-8-26(21)33-27(17-18-28(33)23-13-15-25(30)16-14-23)22-9-11-24(12-10-22)29(34)32(4)20-19-31(2)3/h5-18H,19-20H2,1-4H3. The molecular formula is C29H30ClN3O. The summed E-state index contributed by atoms with van der Waals surface area (Å²) in [4.78, 5) is 16.7. The van der Waals surface area contributed by atoms with E-state index in [1.54, 1.807) is 4.90 Å². The number of rotatable bonds is 7. The Morgan fingerprint density at radius 2 is 1.32 bits per heavy atom. The van der Waals surface area contributed by atoms with Gasteiger partial charge in [0.15, 0.2) is 0 Å². The van der Waals surface area contributed by atoms with Gasteiger partial charge >= 0.3 is 0 Å². The number of hydrogen-bond acceptors (Lipinski definition) is 2. The molecule has 0 spiro atoms. The highest BCUT2D eigenvalue weighted by Gasteiger charge is 2.16. The van der Waals surface area contributed by atoms with E-state index in [2.05, 4.69) is 52.8 Å². The van der Waals surface area contributed by atoms with Gasteiger partial charge in [-0.25, -0.2) is 0 Å². The molecule has 1 aromatic heterocycles. The minimum atomic E-state index is 0.0320. The van der Waals surface area contributed by atoms with E-state index in [0.29, 0.717) is 17.1 Å². The van der Waals surface area contributed by atoms with Gasteiger partial charge in [-0.2, -0.15) is 0 Å². The Bertz CT molecular complexity index is 1270. The van der Waals surface area contributed by atoms with E-state index in [9.17, 15) is 4.79 Å².